The van der Waals surface area contributed by atoms with Crippen LogP contribution in [0, 0.1) is 17.8 Å². The Morgan fingerprint density at radius 1 is 1.33 bits per heavy atom. The molecule has 2 atom stereocenters. The van der Waals surface area contributed by atoms with E-state index in [9.17, 15) is 14.7 Å². The fraction of sp³-hybridized carbons (Fsp3) is 0.556. The maximum atomic E-state index is 12.4. The van der Waals surface area contributed by atoms with E-state index in [0.717, 1.165) is 12.8 Å². The van der Waals surface area contributed by atoms with Gasteiger partial charge in [0.25, 0.3) is 0 Å². The first-order chi connectivity index (χ1) is 9.86. The summed E-state index contributed by atoms with van der Waals surface area (Å²) in [6, 6.07) is 0. The highest BCUT2D eigenvalue weighted by Gasteiger charge is 2.37. The van der Waals surface area contributed by atoms with Gasteiger partial charge in [0.05, 0.1) is 5.57 Å². The van der Waals surface area contributed by atoms with Crippen LogP contribution in [0.5, 0.6) is 0 Å². The number of rotatable bonds is 3. The third-order valence-corrected chi connectivity index (χ3v) is 4.70. The monoisotopic (exact) mass is 288 g/mol. The summed E-state index contributed by atoms with van der Waals surface area (Å²) in [6.45, 7) is 8.12. The molecule has 0 fully saturated rings. The predicted octanol–water partition coefficient (Wildman–Crippen LogP) is 3.92. The van der Waals surface area contributed by atoms with E-state index < -0.39 is 0 Å². The number of carbonyl (C=O) groups is 2. The molecule has 2 aliphatic carbocycles. The summed E-state index contributed by atoms with van der Waals surface area (Å²) in [5.41, 5.74) is 1.93. The number of carbonyl (C=O) groups excluding carboxylic acids is 2. The lowest BCUT2D eigenvalue weighted by molar-refractivity contribution is -0.118. The largest absolute Gasteiger partial charge is 0.504 e. The molecule has 0 amide bonds. The van der Waals surface area contributed by atoms with Crippen molar-refractivity contribution in [2.24, 2.45) is 17.8 Å². The number of ketones is 2. The van der Waals surface area contributed by atoms with Gasteiger partial charge in [-0.2, -0.15) is 0 Å². The number of hydrogen-bond acceptors (Lipinski definition) is 3. The minimum atomic E-state index is -0.383. The van der Waals surface area contributed by atoms with Crippen molar-refractivity contribution < 1.29 is 14.7 Å². The van der Waals surface area contributed by atoms with Crippen molar-refractivity contribution in [3.05, 3.63) is 34.6 Å². The van der Waals surface area contributed by atoms with Crippen LogP contribution in [0.25, 0.3) is 0 Å². The SMILES string of the molecule is CCC1=CC(=O)C([C@@H]2C=C(C)CCC2C(C)C)=C(O)C1=O. The molecule has 0 saturated heterocycles. The Hall–Kier alpha value is -1.64. The van der Waals surface area contributed by atoms with Gasteiger partial charge in [0, 0.05) is 11.5 Å². The molecule has 0 aromatic rings. The lowest BCUT2D eigenvalue weighted by atomic mass is 9.69. The van der Waals surface area contributed by atoms with Gasteiger partial charge < -0.3 is 5.11 Å². The molecule has 0 saturated carbocycles. The van der Waals surface area contributed by atoms with Crippen LogP contribution in [-0.2, 0) is 9.59 Å². The van der Waals surface area contributed by atoms with E-state index in [1.54, 1.807) is 0 Å². The third kappa shape index (κ3) is 2.87. The predicted molar refractivity (Wildman–Crippen MR) is 82.9 cm³/mol. The minimum Gasteiger partial charge on any atom is -0.504 e. The summed E-state index contributed by atoms with van der Waals surface area (Å²) in [5.74, 6) is -0.374. The molecule has 3 heteroatoms. The third-order valence-electron chi connectivity index (χ3n) is 4.70. The van der Waals surface area contributed by atoms with Crippen molar-refractivity contribution in [1.82, 2.24) is 0 Å². The summed E-state index contributed by atoms with van der Waals surface area (Å²) in [5, 5.41) is 10.3. The van der Waals surface area contributed by atoms with Crippen LogP contribution in [0.4, 0.5) is 0 Å². The van der Waals surface area contributed by atoms with Gasteiger partial charge in [-0.1, -0.05) is 32.4 Å². The first kappa shape index (κ1) is 15.7. The molecule has 2 rings (SSSR count). The van der Waals surface area contributed by atoms with E-state index in [2.05, 4.69) is 19.9 Å². The van der Waals surface area contributed by atoms with E-state index in [1.165, 1.54) is 11.6 Å². The first-order valence-corrected chi connectivity index (χ1v) is 7.76. The second kappa shape index (κ2) is 6.00. The second-order valence-corrected chi connectivity index (χ2v) is 6.46. The Balaban J connectivity index is 2.48. The Labute approximate surface area is 126 Å². The summed E-state index contributed by atoms with van der Waals surface area (Å²) < 4.78 is 0. The van der Waals surface area contributed by atoms with Crippen LogP contribution in [0.2, 0.25) is 0 Å². The molecule has 0 radical (unpaired) electrons. The fourth-order valence-electron chi connectivity index (χ4n) is 3.41. The Morgan fingerprint density at radius 3 is 2.57 bits per heavy atom. The highest BCUT2D eigenvalue weighted by atomic mass is 16.3. The maximum absolute atomic E-state index is 12.4. The van der Waals surface area contributed by atoms with Gasteiger partial charge in [0.2, 0.25) is 5.78 Å². The molecule has 1 unspecified atom stereocenters. The van der Waals surface area contributed by atoms with Crippen LogP contribution in [0.15, 0.2) is 34.6 Å². The summed E-state index contributed by atoms with van der Waals surface area (Å²) in [4.78, 5) is 24.6. The number of aliphatic hydroxyl groups is 1. The zero-order chi connectivity index (χ0) is 15.7. The summed E-state index contributed by atoms with van der Waals surface area (Å²) >= 11 is 0. The molecule has 1 N–H and O–H groups in total. The Morgan fingerprint density at radius 2 is 2.00 bits per heavy atom. The molecule has 0 bridgehead atoms. The van der Waals surface area contributed by atoms with Gasteiger partial charge in [0.15, 0.2) is 11.5 Å². The first-order valence-electron chi connectivity index (χ1n) is 7.76. The average molecular weight is 288 g/mol. The van der Waals surface area contributed by atoms with E-state index >= 15 is 0 Å². The van der Waals surface area contributed by atoms with E-state index in [0.29, 0.717) is 29.4 Å². The normalized spacial score (nSPS) is 27.1. The lowest BCUT2D eigenvalue weighted by Crippen LogP contribution is -2.31. The second-order valence-electron chi connectivity index (χ2n) is 6.46. The van der Waals surface area contributed by atoms with Crippen molar-refractivity contribution in [3.63, 3.8) is 0 Å². The molecule has 2 aliphatic rings. The number of aliphatic hydroxyl groups excluding tert-OH is 1. The zero-order valence-electron chi connectivity index (χ0n) is 13.3. The van der Waals surface area contributed by atoms with Crippen LogP contribution < -0.4 is 0 Å². The fourth-order valence-corrected chi connectivity index (χ4v) is 3.41. The molecule has 0 spiro atoms. The van der Waals surface area contributed by atoms with Crippen molar-refractivity contribution >= 4 is 11.6 Å². The number of allylic oxidation sites excluding steroid dienone is 5. The molecule has 0 aromatic heterocycles. The molecule has 3 nitrogen and oxygen atoms in total. The highest BCUT2D eigenvalue weighted by molar-refractivity contribution is 6.21. The molecular weight excluding hydrogens is 264 g/mol. The van der Waals surface area contributed by atoms with Crippen LogP contribution in [0.3, 0.4) is 0 Å². The quantitative estimate of drug-likeness (QED) is 0.632. The average Bonchev–Trinajstić information content (AvgIpc) is 2.42. The summed E-state index contributed by atoms with van der Waals surface area (Å²) in [7, 11) is 0. The van der Waals surface area contributed by atoms with Gasteiger partial charge in [-0.15, -0.1) is 0 Å². The van der Waals surface area contributed by atoms with Gasteiger partial charge in [-0.25, -0.2) is 0 Å². The topological polar surface area (TPSA) is 54.4 Å². The van der Waals surface area contributed by atoms with Crippen molar-refractivity contribution in [2.75, 3.05) is 0 Å². The molecular formula is C18H24O3. The maximum Gasteiger partial charge on any atom is 0.223 e. The van der Waals surface area contributed by atoms with Gasteiger partial charge in [0.1, 0.15) is 0 Å². The molecule has 21 heavy (non-hydrogen) atoms. The van der Waals surface area contributed by atoms with E-state index in [1.807, 2.05) is 13.8 Å². The zero-order valence-corrected chi connectivity index (χ0v) is 13.3. The van der Waals surface area contributed by atoms with Crippen LogP contribution >= 0.6 is 0 Å². The van der Waals surface area contributed by atoms with Gasteiger partial charge >= 0.3 is 0 Å². The van der Waals surface area contributed by atoms with E-state index in [-0.39, 0.29) is 23.2 Å². The van der Waals surface area contributed by atoms with Crippen LogP contribution in [-0.4, -0.2) is 16.7 Å². The van der Waals surface area contributed by atoms with Crippen molar-refractivity contribution in [2.45, 2.75) is 47.0 Å². The molecule has 0 aliphatic heterocycles. The van der Waals surface area contributed by atoms with Crippen LogP contribution in [0.1, 0.15) is 47.0 Å². The smallest absolute Gasteiger partial charge is 0.223 e. The highest BCUT2D eigenvalue weighted by Crippen LogP contribution is 2.40. The molecule has 0 aromatic carbocycles. The van der Waals surface area contributed by atoms with E-state index in [4.69, 9.17) is 0 Å². The van der Waals surface area contributed by atoms with Gasteiger partial charge in [-0.05, 0) is 44.1 Å². The minimum absolute atomic E-state index is 0.148. The van der Waals surface area contributed by atoms with Crippen molar-refractivity contribution in [1.29, 1.82) is 0 Å². The summed E-state index contributed by atoms with van der Waals surface area (Å²) in [6.07, 6.45) is 5.95. The molecule has 0 heterocycles. The Bertz CT molecular complexity index is 561. The number of Topliss-reactive ketones (excluding diaryl/α,β-unsaturated/α-hetero) is 1. The van der Waals surface area contributed by atoms with Gasteiger partial charge in [-0.3, -0.25) is 9.59 Å². The van der Waals surface area contributed by atoms with Crippen molar-refractivity contribution in [3.8, 4) is 0 Å². The number of hydrogen-bond donors (Lipinski definition) is 1. The Kier molecular flexibility index (Phi) is 4.50. The lowest BCUT2D eigenvalue weighted by Gasteiger charge is -2.34. The standard InChI is InChI=1S/C18H24O3/c1-5-12-9-15(19)16(18(21)17(12)20)14-8-11(4)6-7-13(14)10(2)3/h8-10,13-14,21H,5-7H2,1-4H3/t13?,14-/m1/s1. The molecule has 114 valence electrons.